The van der Waals surface area contributed by atoms with Gasteiger partial charge in [-0.3, -0.25) is 0 Å². The fourth-order valence-electron chi connectivity index (χ4n) is 2.89. The number of anilines is 2. The van der Waals surface area contributed by atoms with Crippen LogP contribution in [0.25, 0.3) is 0 Å². The third-order valence-electron chi connectivity index (χ3n) is 3.90. The van der Waals surface area contributed by atoms with Crippen molar-refractivity contribution in [1.82, 2.24) is 0 Å². The molecule has 2 N–H and O–H groups in total. The molecule has 0 heterocycles. The number of aryl methyl sites for hydroxylation is 1. The van der Waals surface area contributed by atoms with Crippen molar-refractivity contribution in [3.63, 3.8) is 0 Å². The normalized spacial score (nSPS) is 17.3. The van der Waals surface area contributed by atoms with E-state index in [1.165, 1.54) is 17.2 Å². The molecule has 1 aliphatic rings. The van der Waals surface area contributed by atoms with E-state index < -0.39 is 0 Å². The summed E-state index contributed by atoms with van der Waals surface area (Å²) >= 11 is 0. The molecule has 3 rings (SSSR count). The minimum absolute atomic E-state index is 0.195. The maximum Gasteiger partial charge on any atom is 0.125 e. The standard InChI is InChI=1S/C16H17FN2/c1-19(14-4-2-3-12(17)10-14)16-8-5-11-9-13(18)6-7-15(11)16/h2-4,6-7,9-10,16H,5,8,18H2,1H3. The molecule has 19 heavy (non-hydrogen) atoms. The molecule has 0 aromatic heterocycles. The van der Waals surface area contributed by atoms with Gasteiger partial charge in [0.2, 0.25) is 0 Å². The van der Waals surface area contributed by atoms with E-state index in [1.54, 1.807) is 12.1 Å². The minimum atomic E-state index is -0.195. The van der Waals surface area contributed by atoms with Gasteiger partial charge in [-0.05, 0) is 54.3 Å². The average Bonchev–Trinajstić information content (AvgIpc) is 2.80. The molecule has 0 aliphatic heterocycles. The van der Waals surface area contributed by atoms with Crippen LogP contribution in [-0.2, 0) is 6.42 Å². The van der Waals surface area contributed by atoms with Gasteiger partial charge in [0.15, 0.2) is 0 Å². The predicted octanol–water partition coefficient (Wildman–Crippen LogP) is 3.53. The van der Waals surface area contributed by atoms with Crippen LogP contribution in [0.5, 0.6) is 0 Å². The topological polar surface area (TPSA) is 29.3 Å². The summed E-state index contributed by atoms with van der Waals surface area (Å²) in [5, 5.41) is 0. The van der Waals surface area contributed by atoms with Gasteiger partial charge in [0, 0.05) is 18.4 Å². The predicted molar refractivity (Wildman–Crippen MR) is 76.7 cm³/mol. The zero-order valence-corrected chi connectivity index (χ0v) is 10.9. The first kappa shape index (κ1) is 12.0. The van der Waals surface area contributed by atoms with Crippen molar-refractivity contribution >= 4 is 11.4 Å². The second-order valence-corrected chi connectivity index (χ2v) is 5.10. The van der Waals surface area contributed by atoms with Gasteiger partial charge in [-0.15, -0.1) is 0 Å². The number of hydrogen-bond donors (Lipinski definition) is 1. The van der Waals surface area contributed by atoms with E-state index in [1.807, 2.05) is 19.2 Å². The summed E-state index contributed by atoms with van der Waals surface area (Å²) in [5.41, 5.74) is 10.2. The van der Waals surface area contributed by atoms with Crippen molar-refractivity contribution in [2.75, 3.05) is 17.7 Å². The SMILES string of the molecule is CN(c1cccc(F)c1)C1CCc2cc(N)ccc21. The van der Waals surface area contributed by atoms with Gasteiger partial charge in [-0.25, -0.2) is 4.39 Å². The molecule has 0 fully saturated rings. The molecule has 0 bridgehead atoms. The van der Waals surface area contributed by atoms with Crippen molar-refractivity contribution in [3.8, 4) is 0 Å². The fraction of sp³-hybridized carbons (Fsp3) is 0.250. The highest BCUT2D eigenvalue weighted by molar-refractivity contribution is 5.53. The first-order valence-electron chi connectivity index (χ1n) is 6.52. The van der Waals surface area contributed by atoms with Crippen molar-refractivity contribution in [2.45, 2.75) is 18.9 Å². The van der Waals surface area contributed by atoms with E-state index in [9.17, 15) is 4.39 Å². The summed E-state index contributed by atoms with van der Waals surface area (Å²) in [4.78, 5) is 2.14. The van der Waals surface area contributed by atoms with Crippen molar-refractivity contribution in [3.05, 3.63) is 59.4 Å². The molecular weight excluding hydrogens is 239 g/mol. The van der Waals surface area contributed by atoms with Crippen LogP contribution in [-0.4, -0.2) is 7.05 Å². The van der Waals surface area contributed by atoms with Crippen molar-refractivity contribution in [1.29, 1.82) is 0 Å². The summed E-state index contributed by atoms with van der Waals surface area (Å²) in [7, 11) is 2.02. The van der Waals surface area contributed by atoms with Crippen molar-refractivity contribution < 1.29 is 4.39 Å². The molecule has 2 nitrogen and oxygen atoms in total. The van der Waals surface area contributed by atoms with Gasteiger partial charge < -0.3 is 10.6 Å². The molecule has 0 saturated carbocycles. The number of nitrogens with zero attached hydrogens (tertiary/aromatic N) is 1. The first-order valence-corrected chi connectivity index (χ1v) is 6.52. The Morgan fingerprint density at radius 2 is 2.05 bits per heavy atom. The van der Waals surface area contributed by atoms with Crippen LogP contribution in [0.3, 0.4) is 0 Å². The Labute approximate surface area is 112 Å². The molecule has 1 atom stereocenters. The molecule has 0 radical (unpaired) electrons. The van der Waals surface area contributed by atoms with E-state index >= 15 is 0 Å². The quantitative estimate of drug-likeness (QED) is 0.833. The lowest BCUT2D eigenvalue weighted by Crippen LogP contribution is -2.22. The second kappa shape index (κ2) is 4.57. The Morgan fingerprint density at radius 1 is 1.21 bits per heavy atom. The van der Waals surface area contributed by atoms with Crippen molar-refractivity contribution in [2.24, 2.45) is 0 Å². The monoisotopic (exact) mass is 256 g/mol. The number of nitrogen functional groups attached to an aromatic ring is 1. The molecule has 1 unspecified atom stereocenters. The third kappa shape index (κ3) is 2.16. The number of rotatable bonds is 2. The number of halogens is 1. The van der Waals surface area contributed by atoms with E-state index in [-0.39, 0.29) is 5.82 Å². The average molecular weight is 256 g/mol. The summed E-state index contributed by atoms with van der Waals surface area (Å²) in [6.45, 7) is 0. The molecule has 0 saturated heterocycles. The molecule has 0 amide bonds. The lowest BCUT2D eigenvalue weighted by Gasteiger charge is -2.27. The van der Waals surface area contributed by atoms with Crippen LogP contribution < -0.4 is 10.6 Å². The Morgan fingerprint density at radius 3 is 2.84 bits per heavy atom. The zero-order chi connectivity index (χ0) is 13.4. The van der Waals surface area contributed by atoms with Crippen LogP contribution in [0.4, 0.5) is 15.8 Å². The minimum Gasteiger partial charge on any atom is -0.399 e. The molecule has 2 aromatic rings. The van der Waals surface area contributed by atoms with Gasteiger partial charge in [-0.1, -0.05) is 12.1 Å². The van der Waals surface area contributed by atoms with E-state index in [2.05, 4.69) is 17.0 Å². The van der Waals surface area contributed by atoms with Gasteiger partial charge >= 0.3 is 0 Å². The number of benzene rings is 2. The highest BCUT2D eigenvalue weighted by atomic mass is 19.1. The van der Waals surface area contributed by atoms with Crippen LogP contribution in [0.15, 0.2) is 42.5 Å². The van der Waals surface area contributed by atoms with E-state index in [0.29, 0.717) is 6.04 Å². The summed E-state index contributed by atoms with van der Waals surface area (Å²) in [6, 6.07) is 13.1. The third-order valence-corrected chi connectivity index (χ3v) is 3.90. The van der Waals surface area contributed by atoms with Crippen LogP contribution in [0.2, 0.25) is 0 Å². The van der Waals surface area contributed by atoms with Gasteiger partial charge in [0.25, 0.3) is 0 Å². The van der Waals surface area contributed by atoms with Crippen LogP contribution >= 0.6 is 0 Å². The molecule has 0 spiro atoms. The molecule has 3 heteroatoms. The first-order chi connectivity index (χ1) is 9.15. The smallest absolute Gasteiger partial charge is 0.125 e. The lowest BCUT2D eigenvalue weighted by atomic mass is 10.1. The van der Waals surface area contributed by atoms with Gasteiger partial charge in [0.05, 0.1) is 6.04 Å². The Bertz CT molecular complexity index is 609. The number of fused-ring (bicyclic) bond motifs is 1. The molecule has 98 valence electrons. The molecule has 2 aromatic carbocycles. The highest BCUT2D eigenvalue weighted by Gasteiger charge is 2.26. The summed E-state index contributed by atoms with van der Waals surface area (Å²) in [6.07, 6.45) is 2.08. The van der Waals surface area contributed by atoms with Crippen LogP contribution in [0.1, 0.15) is 23.6 Å². The Kier molecular flexibility index (Phi) is 2.90. The Hall–Kier alpha value is -2.03. The zero-order valence-electron chi connectivity index (χ0n) is 10.9. The van der Waals surface area contributed by atoms with Crippen LogP contribution in [0, 0.1) is 5.82 Å². The second-order valence-electron chi connectivity index (χ2n) is 5.10. The Balaban J connectivity index is 1.93. The largest absolute Gasteiger partial charge is 0.399 e. The molecule has 1 aliphatic carbocycles. The molecular formula is C16H17FN2. The summed E-state index contributed by atoms with van der Waals surface area (Å²) in [5.74, 6) is -0.195. The lowest BCUT2D eigenvalue weighted by molar-refractivity contribution is 0.621. The van der Waals surface area contributed by atoms with E-state index in [4.69, 9.17) is 5.73 Å². The fourth-order valence-corrected chi connectivity index (χ4v) is 2.89. The maximum atomic E-state index is 13.3. The number of hydrogen-bond acceptors (Lipinski definition) is 2. The van der Waals surface area contributed by atoms with E-state index in [0.717, 1.165) is 24.2 Å². The number of nitrogens with two attached hydrogens (primary N) is 1. The van der Waals surface area contributed by atoms with Gasteiger partial charge in [-0.2, -0.15) is 0 Å². The maximum absolute atomic E-state index is 13.3. The van der Waals surface area contributed by atoms with Gasteiger partial charge in [0.1, 0.15) is 5.82 Å². The highest BCUT2D eigenvalue weighted by Crippen LogP contribution is 2.38. The summed E-state index contributed by atoms with van der Waals surface area (Å²) < 4.78 is 13.3.